The monoisotopic (exact) mass is 219 g/mol. The summed E-state index contributed by atoms with van der Waals surface area (Å²) >= 11 is 0. The van der Waals surface area contributed by atoms with Gasteiger partial charge in [-0.1, -0.05) is 6.07 Å². The quantitative estimate of drug-likeness (QED) is 0.846. The number of nitrogens with two attached hydrogens (primary N) is 1. The maximum atomic E-state index is 5.53. The number of rotatable bonds is 4. The van der Waals surface area contributed by atoms with Crippen molar-refractivity contribution in [3.63, 3.8) is 0 Å². The molecule has 0 spiro atoms. The summed E-state index contributed by atoms with van der Waals surface area (Å²) in [4.78, 5) is 0. The molecule has 0 aliphatic carbocycles. The summed E-state index contributed by atoms with van der Waals surface area (Å²) in [6.07, 6.45) is 3.29. The molecule has 0 saturated heterocycles. The zero-order valence-electron chi connectivity index (χ0n) is 8.96. The van der Waals surface area contributed by atoms with Gasteiger partial charge in [-0.15, -0.1) is 0 Å². The molecule has 5 nitrogen and oxygen atoms in total. The average molecular weight is 219 g/mol. The Labute approximate surface area is 93.4 Å². The third-order valence-corrected chi connectivity index (χ3v) is 2.06. The van der Waals surface area contributed by atoms with Crippen LogP contribution in [0, 0.1) is 0 Å². The van der Waals surface area contributed by atoms with Crippen molar-refractivity contribution in [2.45, 2.75) is 6.73 Å². The molecule has 5 heteroatoms. The number of hydrogen-bond acceptors (Lipinski definition) is 4. The molecule has 0 aliphatic rings. The van der Waals surface area contributed by atoms with Crippen LogP contribution < -0.4 is 15.2 Å². The van der Waals surface area contributed by atoms with Crippen molar-refractivity contribution >= 4 is 5.69 Å². The number of anilines is 1. The molecule has 0 bridgehead atoms. The van der Waals surface area contributed by atoms with Crippen LogP contribution in [-0.2, 0) is 6.73 Å². The van der Waals surface area contributed by atoms with Crippen molar-refractivity contribution in [1.29, 1.82) is 0 Å². The van der Waals surface area contributed by atoms with Crippen LogP contribution in [0.5, 0.6) is 11.5 Å². The standard InChI is InChI=1S/C11H13N3O2/c1-15-10-3-2-4-11(5-10)16-8-14-7-9(12)6-13-14/h2-7H,8,12H2,1H3. The van der Waals surface area contributed by atoms with Gasteiger partial charge in [0, 0.05) is 6.07 Å². The molecule has 0 amide bonds. The zero-order chi connectivity index (χ0) is 11.4. The lowest BCUT2D eigenvalue weighted by Crippen LogP contribution is -2.05. The van der Waals surface area contributed by atoms with Crippen molar-refractivity contribution in [2.75, 3.05) is 12.8 Å². The Balaban J connectivity index is 1.99. The molecule has 0 fully saturated rings. The van der Waals surface area contributed by atoms with E-state index >= 15 is 0 Å². The predicted octanol–water partition coefficient (Wildman–Crippen LogP) is 1.51. The number of nitrogens with zero attached hydrogens (tertiary/aromatic N) is 2. The van der Waals surface area contributed by atoms with Crippen molar-refractivity contribution in [2.24, 2.45) is 0 Å². The van der Waals surface area contributed by atoms with Crippen LogP contribution in [0.25, 0.3) is 0 Å². The van der Waals surface area contributed by atoms with E-state index in [2.05, 4.69) is 5.10 Å². The predicted molar refractivity (Wildman–Crippen MR) is 60.3 cm³/mol. The summed E-state index contributed by atoms with van der Waals surface area (Å²) in [6.45, 7) is 0.324. The minimum absolute atomic E-state index is 0.324. The van der Waals surface area contributed by atoms with E-state index in [1.54, 1.807) is 24.2 Å². The highest BCUT2D eigenvalue weighted by atomic mass is 16.5. The number of methoxy groups -OCH3 is 1. The number of aromatic nitrogens is 2. The normalized spacial score (nSPS) is 10.1. The fourth-order valence-corrected chi connectivity index (χ4v) is 1.28. The number of hydrogen-bond donors (Lipinski definition) is 1. The zero-order valence-corrected chi connectivity index (χ0v) is 8.96. The van der Waals surface area contributed by atoms with Gasteiger partial charge in [-0.2, -0.15) is 5.10 Å². The van der Waals surface area contributed by atoms with Gasteiger partial charge in [-0.3, -0.25) is 0 Å². The van der Waals surface area contributed by atoms with Gasteiger partial charge in [0.1, 0.15) is 11.5 Å². The van der Waals surface area contributed by atoms with Crippen molar-refractivity contribution in [3.8, 4) is 11.5 Å². The molecular formula is C11H13N3O2. The van der Waals surface area contributed by atoms with Gasteiger partial charge < -0.3 is 15.2 Å². The third-order valence-electron chi connectivity index (χ3n) is 2.06. The molecule has 0 saturated carbocycles. The summed E-state index contributed by atoms with van der Waals surface area (Å²) in [5.41, 5.74) is 6.15. The second kappa shape index (κ2) is 4.57. The SMILES string of the molecule is COc1cccc(OCn2cc(N)cn2)c1. The van der Waals surface area contributed by atoms with Gasteiger partial charge in [0.2, 0.25) is 0 Å². The first-order valence-electron chi connectivity index (χ1n) is 4.83. The lowest BCUT2D eigenvalue weighted by atomic mass is 10.3. The summed E-state index contributed by atoms with van der Waals surface area (Å²) < 4.78 is 12.2. The Morgan fingerprint density at radius 2 is 2.19 bits per heavy atom. The molecule has 16 heavy (non-hydrogen) atoms. The minimum Gasteiger partial charge on any atom is -0.497 e. The van der Waals surface area contributed by atoms with Gasteiger partial charge in [0.25, 0.3) is 0 Å². The maximum Gasteiger partial charge on any atom is 0.180 e. The van der Waals surface area contributed by atoms with Gasteiger partial charge in [0.05, 0.1) is 25.2 Å². The van der Waals surface area contributed by atoms with Crippen LogP contribution in [-0.4, -0.2) is 16.9 Å². The lowest BCUT2D eigenvalue weighted by Gasteiger charge is -2.07. The molecule has 1 aromatic carbocycles. The van der Waals surface area contributed by atoms with E-state index in [1.165, 1.54) is 0 Å². The van der Waals surface area contributed by atoms with Gasteiger partial charge in [-0.05, 0) is 12.1 Å². The molecule has 0 aliphatic heterocycles. The molecule has 0 atom stereocenters. The molecule has 2 N–H and O–H groups in total. The Bertz CT molecular complexity index is 468. The van der Waals surface area contributed by atoms with Crippen LogP contribution in [0.3, 0.4) is 0 Å². The second-order valence-corrected chi connectivity index (χ2v) is 3.27. The van der Waals surface area contributed by atoms with Crippen LogP contribution >= 0.6 is 0 Å². The van der Waals surface area contributed by atoms with Crippen LogP contribution in [0.1, 0.15) is 0 Å². The molecule has 2 rings (SSSR count). The first kappa shape index (κ1) is 10.4. The molecule has 0 radical (unpaired) electrons. The van der Waals surface area contributed by atoms with E-state index < -0.39 is 0 Å². The second-order valence-electron chi connectivity index (χ2n) is 3.27. The van der Waals surface area contributed by atoms with Gasteiger partial charge in [0.15, 0.2) is 6.73 Å². The third kappa shape index (κ3) is 2.44. The van der Waals surface area contributed by atoms with E-state index in [4.69, 9.17) is 15.2 Å². The molecule has 2 aromatic rings. The maximum absolute atomic E-state index is 5.53. The van der Waals surface area contributed by atoms with E-state index in [0.717, 1.165) is 11.5 Å². The van der Waals surface area contributed by atoms with E-state index in [1.807, 2.05) is 24.3 Å². The van der Waals surface area contributed by atoms with E-state index in [0.29, 0.717) is 12.4 Å². The molecule has 1 aromatic heterocycles. The van der Waals surface area contributed by atoms with Crippen molar-refractivity contribution in [1.82, 2.24) is 9.78 Å². The van der Waals surface area contributed by atoms with Crippen molar-refractivity contribution < 1.29 is 9.47 Å². The highest BCUT2D eigenvalue weighted by Crippen LogP contribution is 2.19. The largest absolute Gasteiger partial charge is 0.497 e. The number of benzene rings is 1. The van der Waals surface area contributed by atoms with Gasteiger partial charge in [-0.25, -0.2) is 4.68 Å². The fourth-order valence-electron chi connectivity index (χ4n) is 1.28. The Kier molecular flexibility index (Phi) is 2.95. The van der Waals surface area contributed by atoms with Crippen molar-refractivity contribution in [3.05, 3.63) is 36.7 Å². The summed E-state index contributed by atoms with van der Waals surface area (Å²) in [7, 11) is 1.62. The first-order chi connectivity index (χ1) is 7.78. The number of ether oxygens (including phenoxy) is 2. The summed E-state index contributed by atoms with van der Waals surface area (Å²) in [5, 5.41) is 4.01. The minimum atomic E-state index is 0.324. The van der Waals surface area contributed by atoms with Crippen LogP contribution in [0.4, 0.5) is 5.69 Å². The summed E-state index contributed by atoms with van der Waals surface area (Å²) in [6, 6.07) is 7.40. The van der Waals surface area contributed by atoms with Gasteiger partial charge >= 0.3 is 0 Å². The lowest BCUT2D eigenvalue weighted by molar-refractivity contribution is 0.220. The fraction of sp³-hybridized carbons (Fsp3) is 0.182. The van der Waals surface area contributed by atoms with Crippen LogP contribution in [0.15, 0.2) is 36.7 Å². The Morgan fingerprint density at radius 3 is 2.88 bits per heavy atom. The first-order valence-corrected chi connectivity index (χ1v) is 4.83. The van der Waals surface area contributed by atoms with E-state index in [-0.39, 0.29) is 0 Å². The van der Waals surface area contributed by atoms with Crippen LogP contribution in [0.2, 0.25) is 0 Å². The van der Waals surface area contributed by atoms with E-state index in [9.17, 15) is 0 Å². The smallest absolute Gasteiger partial charge is 0.180 e. The highest BCUT2D eigenvalue weighted by Gasteiger charge is 1.98. The topological polar surface area (TPSA) is 62.3 Å². The summed E-state index contributed by atoms with van der Waals surface area (Å²) in [5.74, 6) is 1.49. The molecular weight excluding hydrogens is 206 g/mol. The molecule has 0 unspecified atom stereocenters. The molecule has 84 valence electrons. The molecule has 1 heterocycles. The Morgan fingerprint density at radius 1 is 1.38 bits per heavy atom. The highest BCUT2D eigenvalue weighted by molar-refractivity contribution is 5.33. The average Bonchev–Trinajstić information content (AvgIpc) is 2.73. The Hall–Kier alpha value is -2.17. The number of nitrogen functional groups attached to an aromatic ring is 1.